The lowest BCUT2D eigenvalue weighted by atomic mass is 10.0. The van der Waals surface area contributed by atoms with Crippen molar-refractivity contribution in [1.29, 1.82) is 5.26 Å². The fourth-order valence-corrected chi connectivity index (χ4v) is 3.05. The Balaban J connectivity index is 1.68. The summed E-state index contributed by atoms with van der Waals surface area (Å²) in [6.45, 7) is 3.97. The summed E-state index contributed by atoms with van der Waals surface area (Å²) >= 11 is 0. The Labute approximate surface area is 193 Å². The SMILES string of the molecule is CC(C)c1ccc(NC(=O)C(C#N)=Cc2ccccc2OCC(=O)Nc2ccccc2)cc1. The summed E-state index contributed by atoms with van der Waals surface area (Å²) in [5.74, 6) is -0.0624. The molecule has 3 aromatic rings. The number of rotatable bonds is 8. The summed E-state index contributed by atoms with van der Waals surface area (Å²) in [5, 5.41) is 15.0. The van der Waals surface area contributed by atoms with Crippen molar-refractivity contribution in [2.75, 3.05) is 17.2 Å². The van der Waals surface area contributed by atoms with E-state index < -0.39 is 5.91 Å². The molecule has 0 aliphatic carbocycles. The van der Waals surface area contributed by atoms with E-state index in [1.54, 1.807) is 36.4 Å². The van der Waals surface area contributed by atoms with Crippen LogP contribution in [0, 0.1) is 11.3 Å². The molecule has 0 heterocycles. The number of carbonyl (C=O) groups excluding carboxylic acids is 2. The quantitative estimate of drug-likeness (QED) is 0.364. The molecule has 3 aromatic carbocycles. The minimum absolute atomic E-state index is 0.0762. The molecule has 0 aliphatic heterocycles. The zero-order chi connectivity index (χ0) is 23.6. The van der Waals surface area contributed by atoms with Crippen molar-refractivity contribution < 1.29 is 14.3 Å². The number of carbonyl (C=O) groups is 2. The van der Waals surface area contributed by atoms with E-state index in [-0.39, 0.29) is 18.1 Å². The minimum Gasteiger partial charge on any atom is -0.483 e. The lowest BCUT2D eigenvalue weighted by Crippen LogP contribution is -2.20. The number of nitrogens with zero attached hydrogens (tertiary/aromatic N) is 1. The van der Waals surface area contributed by atoms with Crippen LogP contribution in [0.2, 0.25) is 0 Å². The number of amides is 2. The van der Waals surface area contributed by atoms with Crippen LogP contribution >= 0.6 is 0 Å². The van der Waals surface area contributed by atoms with Gasteiger partial charge in [-0.15, -0.1) is 0 Å². The number of hydrogen-bond donors (Lipinski definition) is 2. The van der Waals surface area contributed by atoms with Crippen LogP contribution < -0.4 is 15.4 Å². The smallest absolute Gasteiger partial charge is 0.266 e. The van der Waals surface area contributed by atoms with Gasteiger partial charge in [-0.3, -0.25) is 9.59 Å². The molecule has 0 spiro atoms. The number of nitriles is 1. The van der Waals surface area contributed by atoms with Crippen molar-refractivity contribution >= 4 is 29.3 Å². The largest absolute Gasteiger partial charge is 0.483 e. The number of anilines is 2. The second kappa shape index (κ2) is 11.3. The molecule has 0 unspecified atom stereocenters. The highest BCUT2D eigenvalue weighted by Crippen LogP contribution is 2.22. The average Bonchev–Trinajstić information content (AvgIpc) is 2.82. The molecular weight excluding hydrogens is 414 g/mol. The highest BCUT2D eigenvalue weighted by molar-refractivity contribution is 6.09. The van der Waals surface area contributed by atoms with Crippen molar-refractivity contribution in [2.24, 2.45) is 0 Å². The second-order valence-electron chi connectivity index (χ2n) is 7.64. The van der Waals surface area contributed by atoms with E-state index in [1.807, 2.05) is 48.5 Å². The first-order valence-corrected chi connectivity index (χ1v) is 10.6. The van der Waals surface area contributed by atoms with Gasteiger partial charge in [0.1, 0.15) is 17.4 Å². The Bertz CT molecular complexity index is 1180. The first-order chi connectivity index (χ1) is 16.0. The van der Waals surface area contributed by atoms with E-state index in [0.29, 0.717) is 28.6 Å². The molecule has 0 aromatic heterocycles. The molecule has 33 heavy (non-hydrogen) atoms. The summed E-state index contributed by atoms with van der Waals surface area (Å²) in [7, 11) is 0. The van der Waals surface area contributed by atoms with Gasteiger partial charge in [-0.05, 0) is 47.9 Å². The highest BCUT2D eigenvalue weighted by atomic mass is 16.5. The zero-order valence-electron chi connectivity index (χ0n) is 18.5. The molecule has 0 saturated heterocycles. The van der Waals surface area contributed by atoms with Crippen molar-refractivity contribution in [2.45, 2.75) is 19.8 Å². The summed E-state index contributed by atoms with van der Waals surface area (Å²) < 4.78 is 5.65. The molecule has 0 saturated carbocycles. The van der Waals surface area contributed by atoms with Crippen LogP contribution in [0.4, 0.5) is 11.4 Å². The normalized spacial score (nSPS) is 10.9. The van der Waals surface area contributed by atoms with Crippen molar-refractivity contribution in [3.05, 3.63) is 95.6 Å². The maximum Gasteiger partial charge on any atom is 0.266 e. The van der Waals surface area contributed by atoms with Crippen molar-refractivity contribution in [3.63, 3.8) is 0 Å². The van der Waals surface area contributed by atoms with Crippen LogP contribution in [0.1, 0.15) is 30.9 Å². The maximum absolute atomic E-state index is 12.6. The van der Waals surface area contributed by atoms with Crippen molar-refractivity contribution in [3.8, 4) is 11.8 Å². The molecule has 3 rings (SSSR count). The maximum atomic E-state index is 12.6. The molecule has 2 N–H and O–H groups in total. The van der Waals surface area contributed by atoms with Gasteiger partial charge in [0.25, 0.3) is 11.8 Å². The minimum atomic E-state index is -0.522. The molecule has 0 bridgehead atoms. The molecule has 0 aliphatic rings. The number of ether oxygens (including phenoxy) is 1. The lowest BCUT2D eigenvalue weighted by molar-refractivity contribution is -0.118. The summed E-state index contributed by atoms with van der Waals surface area (Å²) in [6.07, 6.45) is 1.45. The van der Waals surface area contributed by atoms with E-state index in [0.717, 1.165) is 5.56 Å². The Morgan fingerprint density at radius 2 is 1.55 bits per heavy atom. The van der Waals surface area contributed by atoms with Gasteiger partial charge < -0.3 is 15.4 Å². The van der Waals surface area contributed by atoms with Crippen LogP contribution in [-0.4, -0.2) is 18.4 Å². The lowest BCUT2D eigenvalue weighted by Gasteiger charge is -2.11. The van der Waals surface area contributed by atoms with E-state index in [9.17, 15) is 14.9 Å². The molecule has 0 atom stereocenters. The van der Waals surface area contributed by atoms with Gasteiger partial charge >= 0.3 is 0 Å². The average molecular weight is 440 g/mol. The van der Waals surface area contributed by atoms with E-state index in [4.69, 9.17) is 4.74 Å². The van der Waals surface area contributed by atoms with E-state index in [2.05, 4.69) is 24.5 Å². The number of hydrogen-bond acceptors (Lipinski definition) is 4. The van der Waals surface area contributed by atoms with E-state index >= 15 is 0 Å². The number of nitrogens with one attached hydrogen (secondary N) is 2. The third kappa shape index (κ3) is 6.81. The second-order valence-corrected chi connectivity index (χ2v) is 7.64. The monoisotopic (exact) mass is 439 g/mol. The number of para-hydroxylation sites is 2. The standard InChI is InChI=1S/C27H25N3O3/c1-19(2)20-12-14-24(15-13-20)30-27(32)22(17-28)16-21-8-6-7-11-25(21)33-18-26(31)29-23-9-4-3-5-10-23/h3-16,19H,18H2,1-2H3,(H,29,31)(H,30,32). The van der Waals surface area contributed by atoms with Gasteiger partial charge in [-0.2, -0.15) is 5.26 Å². The zero-order valence-corrected chi connectivity index (χ0v) is 18.5. The van der Waals surface area contributed by atoms with Gasteiger partial charge in [-0.25, -0.2) is 0 Å². The molecule has 6 nitrogen and oxygen atoms in total. The highest BCUT2D eigenvalue weighted by Gasteiger charge is 2.12. The summed E-state index contributed by atoms with van der Waals surface area (Å²) in [5.41, 5.74) is 2.88. The molecular formula is C27H25N3O3. The Morgan fingerprint density at radius 1 is 0.909 bits per heavy atom. The summed E-state index contributed by atoms with van der Waals surface area (Å²) in [6, 6.07) is 25.4. The fourth-order valence-electron chi connectivity index (χ4n) is 3.05. The predicted octanol–water partition coefficient (Wildman–Crippen LogP) is 5.37. The Morgan fingerprint density at radius 3 is 2.21 bits per heavy atom. The van der Waals surface area contributed by atoms with Gasteiger partial charge in [0.05, 0.1) is 0 Å². The summed E-state index contributed by atoms with van der Waals surface area (Å²) in [4.78, 5) is 24.8. The van der Waals surface area contributed by atoms with Gasteiger partial charge in [0.15, 0.2) is 6.61 Å². The third-order valence-corrected chi connectivity index (χ3v) is 4.84. The topological polar surface area (TPSA) is 91.2 Å². The van der Waals surface area contributed by atoms with Crippen molar-refractivity contribution in [1.82, 2.24) is 0 Å². The van der Waals surface area contributed by atoms with Crippen LogP contribution in [0.25, 0.3) is 6.08 Å². The number of benzene rings is 3. The van der Waals surface area contributed by atoms with Crippen LogP contribution in [-0.2, 0) is 9.59 Å². The van der Waals surface area contributed by atoms with E-state index in [1.165, 1.54) is 6.08 Å². The first kappa shape index (κ1) is 23.3. The van der Waals surface area contributed by atoms with Crippen LogP contribution in [0.3, 0.4) is 0 Å². The Kier molecular flexibility index (Phi) is 7.98. The molecule has 2 amide bonds. The molecule has 0 radical (unpaired) electrons. The first-order valence-electron chi connectivity index (χ1n) is 10.6. The molecule has 166 valence electrons. The van der Waals surface area contributed by atoms with Gasteiger partial charge in [-0.1, -0.05) is 62.4 Å². The van der Waals surface area contributed by atoms with Crippen LogP contribution in [0.5, 0.6) is 5.75 Å². The third-order valence-electron chi connectivity index (χ3n) is 4.84. The molecule has 0 fully saturated rings. The Hall–Kier alpha value is -4.37. The van der Waals surface area contributed by atoms with Gasteiger partial charge in [0.2, 0.25) is 0 Å². The van der Waals surface area contributed by atoms with Gasteiger partial charge in [0, 0.05) is 16.9 Å². The fraction of sp³-hybridized carbons (Fsp3) is 0.148. The molecule has 6 heteroatoms. The van der Waals surface area contributed by atoms with Crippen LogP contribution in [0.15, 0.2) is 84.4 Å². The predicted molar refractivity (Wildman–Crippen MR) is 130 cm³/mol.